The van der Waals surface area contributed by atoms with Crippen LogP contribution < -0.4 is 0 Å². The van der Waals surface area contributed by atoms with Crippen molar-refractivity contribution < 1.29 is 0 Å². The summed E-state index contributed by atoms with van der Waals surface area (Å²) < 4.78 is 0. The second-order valence-electron chi connectivity index (χ2n) is 6.42. The van der Waals surface area contributed by atoms with Crippen molar-refractivity contribution in [3.63, 3.8) is 0 Å². The quantitative estimate of drug-likeness (QED) is 0.721. The summed E-state index contributed by atoms with van der Waals surface area (Å²) in [6.07, 6.45) is 5.10. The molecule has 0 saturated heterocycles. The zero-order chi connectivity index (χ0) is 11.9. The van der Waals surface area contributed by atoms with Crippen molar-refractivity contribution in [1.82, 2.24) is 10.2 Å². The largest absolute Gasteiger partial charge is 0.159 e. The molecule has 2 nitrogen and oxygen atoms in total. The van der Waals surface area contributed by atoms with E-state index in [-0.39, 0.29) is 0 Å². The summed E-state index contributed by atoms with van der Waals surface area (Å²) in [4.78, 5) is 0. The summed E-state index contributed by atoms with van der Waals surface area (Å²) in [6, 6.07) is 0. The summed E-state index contributed by atoms with van der Waals surface area (Å²) in [5, 5.41) is 8.07. The van der Waals surface area contributed by atoms with Crippen molar-refractivity contribution >= 4 is 0 Å². The van der Waals surface area contributed by atoms with Crippen molar-refractivity contribution in [1.29, 1.82) is 0 Å². The van der Waals surface area contributed by atoms with Gasteiger partial charge in [0.25, 0.3) is 0 Å². The van der Waals surface area contributed by atoms with Gasteiger partial charge in [0.15, 0.2) is 0 Å². The van der Waals surface area contributed by atoms with E-state index in [1.165, 1.54) is 11.1 Å². The van der Waals surface area contributed by atoms with E-state index in [1.807, 2.05) is 12.4 Å². The molecule has 88 valence electrons. The van der Waals surface area contributed by atoms with Crippen LogP contribution in [0.15, 0.2) is 12.4 Å². The SMILES string of the molecule is CC(C)C1c2cnncc2C[C@H]1C(C)(C)C. The maximum Gasteiger partial charge on any atom is 0.0534 e. The molecule has 1 unspecified atom stereocenters. The van der Waals surface area contributed by atoms with E-state index in [2.05, 4.69) is 44.8 Å². The molecule has 2 rings (SSSR count). The molecule has 2 atom stereocenters. The predicted octanol–water partition coefficient (Wildman–Crippen LogP) is 3.43. The Morgan fingerprint density at radius 2 is 1.81 bits per heavy atom. The number of fused-ring (bicyclic) bond motifs is 1. The summed E-state index contributed by atoms with van der Waals surface area (Å²) >= 11 is 0. The van der Waals surface area contributed by atoms with Crippen LogP contribution in [0.4, 0.5) is 0 Å². The first kappa shape index (κ1) is 11.6. The van der Waals surface area contributed by atoms with Gasteiger partial charge in [-0.1, -0.05) is 34.6 Å². The molecule has 0 aromatic carbocycles. The third-order valence-electron chi connectivity index (χ3n) is 3.91. The molecule has 1 aliphatic carbocycles. The highest BCUT2D eigenvalue weighted by Gasteiger charge is 2.40. The first-order chi connectivity index (χ1) is 7.41. The van der Waals surface area contributed by atoms with Gasteiger partial charge in [-0.15, -0.1) is 0 Å². The van der Waals surface area contributed by atoms with Gasteiger partial charge in [0, 0.05) is 0 Å². The lowest BCUT2D eigenvalue weighted by molar-refractivity contribution is 0.187. The Balaban J connectivity index is 2.42. The topological polar surface area (TPSA) is 25.8 Å². The van der Waals surface area contributed by atoms with Crippen LogP contribution in [0.5, 0.6) is 0 Å². The lowest BCUT2D eigenvalue weighted by Gasteiger charge is -2.34. The molecule has 0 bridgehead atoms. The van der Waals surface area contributed by atoms with Crippen molar-refractivity contribution in [3.05, 3.63) is 23.5 Å². The molecule has 2 heteroatoms. The smallest absolute Gasteiger partial charge is 0.0534 e. The first-order valence-electron chi connectivity index (χ1n) is 6.20. The zero-order valence-electron chi connectivity index (χ0n) is 11.0. The van der Waals surface area contributed by atoms with E-state index in [0.29, 0.717) is 23.2 Å². The minimum absolute atomic E-state index is 0.355. The Bertz CT molecular complexity index is 377. The molecule has 0 spiro atoms. The summed E-state index contributed by atoms with van der Waals surface area (Å²) in [6.45, 7) is 11.7. The molecule has 0 saturated carbocycles. The van der Waals surface area contributed by atoms with Gasteiger partial charge in [-0.05, 0) is 40.7 Å². The van der Waals surface area contributed by atoms with Crippen LogP contribution in [0.2, 0.25) is 0 Å². The summed E-state index contributed by atoms with van der Waals surface area (Å²) in [5.41, 5.74) is 3.20. The third-order valence-corrected chi connectivity index (χ3v) is 3.91. The molecule has 16 heavy (non-hydrogen) atoms. The summed E-state index contributed by atoms with van der Waals surface area (Å²) in [5.74, 6) is 2.04. The van der Waals surface area contributed by atoms with E-state index in [9.17, 15) is 0 Å². The Morgan fingerprint density at radius 1 is 1.19 bits per heavy atom. The van der Waals surface area contributed by atoms with Gasteiger partial charge in [-0.25, -0.2) is 0 Å². The number of hydrogen-bond acceptors (Lipinski definition) is 2. The van der Waals surface area contributed by atoms with Gasteiger partial charge in [-0.3, -0.25) is 0 Å². The second-order valence-corrected chi connectivity index (χ2v) is 6.42. The average Bonchev–Trinajstić information content (AvgIpc) is 2.55. The highest BCUT2D eigenvalue weighted by molar-refractivity contribution is 5.33. The fourth-order valence-electron chi connectivity index (χ4n) is 3.08. The van der Waals surface area contributed by atoms with E-state index >= 15 is 0 Å². The Morgan fingerprint density at radius 3 is 2.38 bits per heavy atom. The number of nitrogens with zero attached hydrogens (tertiary/aromatic N) is 2. The van der Waals surface area contributed by atoms with Gasteiger partial charge in [0.2, 0.25) is 0 Å². The molecule has 0 aliphatic heterocycles. The highest BCUT2D eigenvalue weighted by atomic mass is 15.1. The monoisotopic (exact) mass is 218 g/mol. The average molecular weight is 218 g/mol. The number of aromatic nitrogens is 2. The fourth-order valence-corrected chi connectivity index (χ4v) is 3.08. The van der Waals surface area contributed by atoms with Crippen LogP contribution in [0, 0.1) is 17.3 Å². The molecule has 0 radical (unpaired) electrons. The molecule has 0 fully saturated rings. The van der Waals surface area contributed by atoms with Crippen LogP contribution >= 0.6 is 0 Å². The Kier molecular flexibility index (Phi) is 2.77. The predicted molar refractivity (Wildman–Crippen MR) is 66.3 cm³/mol. The molecule has 0 N–H and O–H groups in total. The Hall–Kier alpha value is -0.920. The molecule has 1 heterocycles. The minimum Gasteiger partial charge on any atom is -0.159 e. The molecular weight excluding hydrogens is 196 g/mol. The number of rotatable bonds is 1. The van der Waals surface area contributed by atoms with Crippen molar-refractivity contribution in [2.24, 2.45) is 17.3 Å². The van der Waals surface area contributed by atoms with E-state index in [0.717, 1.165) is 6.42 Å². The van der Waals surface area contributed by atoms with Crippen LogP contribution in [-0.2, 0) is 6.42 Å². The van der Waals surface area contributed by atoms with Gasteiger partial charge < -0.3 is 0 Å². The van der Waals surface area contributed by atoms with Crippen molar-refractivity contribution in [3.8, 4) is 0 Å². The molecular formula is C14H22N2. The molecule has 1 aromatic rings. The van der Waals surface area contributed by atoms with Gasteiger partial charge in [0.05, 0.1) is 12.4 Å². The van der Waals surface area contributed by atoms with Crippen LogP contribution in [0.25, 0.3) is 0 Å². The maximum atomic E-state index is 4.06. The lowest BCUT2D eigenvalue weighted by atomic mass is 9.70. The third kappa shape index (κ3) is 1.85. The normalized spacial score (nSPS) is 24.9. The zero-order valence-corrected chi connectivity index (χ0v) is 11.0. The van der Waals surface area contributed by atoms with Crippen molar-refractivity contribution in [2.45, 2.75) is 47.0 Å². The second kappa shape index (κ2) is 3.83. The molecule has 1 aliphatic rings. The van der Waals surface area contributed by atoms with Crippen LogP contribution in [0.3, 0.4) is 0 Å². The van der Waals surface area contributed by atoms with Gasteiger partial charge in [-0.2, -0.15) is 10.2 Å². The van der Waals surface area contributed by atoms with Crippen LogP contribution in [-0.4, -0.2) is 10.2 Å². The molecule has 0 amide bonds. The van der Waals surface area contributed by atoms with Crippen LogP contribution in [0.1, 0.15) is 51.7 Å². The fraction of sp³-hybridized carbons (Fsp3) is 0.714. The highest BCUT2D eigenvalue weighted by Crippen LogP contribution is 2.49. The number of hydrogen-bond donors (Lipinski definition) is 0. The molecule has 1 aromatic heterocycles. The van der Waals surface area contributed by atoms with Gasteiger partial charge in [0.1, 0.15) is 0 Å². The minimum atomic E-state index is 0.355. The lowest BCUT2D eigenvalue weighted by Crippen LogP contribution is -2.27. The van der Waals surface area contributed by atoms with E-state index in [1.54, 1.807) is 0 Å². The standard InChI is InChI=1S/C14H22N2/c1-9(2)13-11-8-16-15-7-10(11)6-12(13)14(3,4)5/h7-9,12-13H,6H2,1-5H3/t12-,13?/m1/s1. The van der Waals surface area contributed by atoms with Crippen molar-refractivity contribution in [2.75, 3.05) is 0 Å². The van der Waals surface area contributed by atoms with Gasteiger partial charge >= 0.3 is 0 Å². The first-order valence-corrected chi connectivity index (χ1v) is 6.20. The maximum absolute atomic E-state index is 4.06. The summed E-state index contributed by atoms with van der Waals surface area (Å²) in [7, 11) is 0. The Labute approximate surface area is 98.5 Å². The van der Waals surface area contributed by atoms with E-state index < -0.39 is 0 Å². The van der Waals surface area contributed by atoms with E-state index in [4.69, 9.17) is 0 Å².